The Bertz CT molecular complexity index is 679. The number of halogens is 2. The van der Waals surface area contributed by atoms with E-state index in [4.69, 9.17) is 11.6 Å². The zero-order chi connectivity index (χ0) is 16.1. The quantitative estimate of drug-likeness (QED) is 0.643. The summed E-state index contributed by atoms with van der Waals surface area (Å²) in [6.45, 7) is 3.62. The van der Waals surface area contributed by atoms with E-state index in [9.17, 15) is 14.3 Å². The summed E-state index contributed by atoms with van der Waals surface area (Å²) in [5, 5.41) is 9.28. The van der Waals surface area contributed by atoms with E-state index in [1.807, 2.05) is 0 Å². The molecule has 6 heteroatoms. The summed E-state index contributed by atoms with van der Waals surface area (Å²) >= 11 is 5.71. The third-order valence-electron chi connectivity index (χ3n) is 3.18. The van der Waals surface area contributed by atoms with Gasteiger partial charge in [0.2, 0.25) is 0 Å². The fourth-order valence-electron chi connectivity index (χ4n) is 2.23. The van der Waals surface area contributed by atoms with Gasteiger partial charge < -0.3 is 5.11 Å². The molecule has 1 heterocycles. The van der Waals surface area contributed by atoms with Crippen LogP contribution in [0.2, 0.25) is 5.15 Å². The first kappa shape index (κ1) is 16.0. The Hall–Kier alpha value is -2.40. The molecule has 1 aromatic carbocycles. The topological polar surface area (TPSA) is 53.4 Å². The molecule has 2 rings (SSSR count). The highest BCUT2D eigenvalue weighted by Gasteiger charge is 2.28. The van der Waals surface area contributed by atoms with Gasteiger partial charge in [0.05, 0.1) is 6.04 Å². The maximum Gasteiger partial charge on any atom is 0.412 e. The number of aromatic nitrogens is 1. The zero-order valence-electron chi connectivity index (χ0n) is 11.6. The molecular weight excluding hydrogens is 307 g/mol. The minimum absolute atomic E-state index is 0.158. The normalized spacial score (nSPS) is 11.7. The number of anilines is 1. The van der Waals surface area contributed by atoms with Gasteiger partial charge in [0.1, 0.15) is 0 Å². The van der Waals surface area contributed by atoms with E-state index in [-0.39, 0.29) is 17.1 Å². The fraction of sp³-hybridized carbons (Fsp3) is 0.125. The van der Waals surface area contributed by atoms with Crippen LogP contribution in [0.1, 0.15) is 18.0 Å². The van der Waals surface area contributed by atoms with Gasteiger partial charge in [0.25, 0.3) is 0 Å². The molecule has 0 spiro atoms. The van der Waals surface area contributed by atoms with Gasteiger partial charge in [-0.1, -0.05) is 35.9 Å². The number of benzene rings is 1. The lowest BCUT2D eigenvalue weighted by Gasteiger charge is -2.29. The predicted molar refractivity (Wildman–Crippen MR) is 83.7 cm³/mol. The Labute approximate surface area is 132 Å². The third-order valence-corrected chi connectivity index (χ3v) is 3.44. The summed E-state index contributed by atoms with van der Waals surface area (Å²) in [4.78, 5) is 16.5. The molecule has 4 nitrogen and oxygen atoms in total. The van der Waals surface area contributed by atoms with Gasteiger partial charge >= 0.3 is 6.09 Å². The first-order chi connectivity index (χ1) is 10.6. The molecule has 2 aromatic rings. The van der Waals surface area contributed by atoms with Gasteiger partial charge in [-0.2, -0.15) is 0 Å². The maximum atomic E-state index is 14.3. The minimum Gasteiger partial charge on any atom is -0.465 e. The second-order valence-electron chi connectivity index (χ2n) is 4.53. The molecule has 1 N–H and O–H groups in total. The van der Waals surface area contributed by atoms with E-state index in [2.05, 4.69) is 11.6 Å². The summed E-state index contributed by atoms with van der Waals surface area (Å²) in [7, 11) is 0. The van der Waals surface area contributed by atoms with Crippen LogP contribution < -0.4 is 4.90 Å². The molecule has 0 aliphatic heterocycles. The second kappa shape index (κ2) is 7.04. The number of hydrogen-bond acceptors (Lipinski definition) is 2. The van der Waals surface area contributed by atoms with Gasteiger partial charge in [-0.3, -0.25) is 4.90 Å². The number of rotatable bonds is 5. The SMILES string of the molecule is C=CC[C@H](c1ccnc(Cl)c1F)N(C(=O)O)c1ccccc1. The number of carboxylic acid groups (broad SMARTS) is 1. The van der Waals surface area contributed by atoms with Gasteiger partial charge in [0.15, 0.2) is 11.0 Å². The van der Waals surface area contributed by atoms with Crippen molar-refractivity contribution in [2.24, 2.45) is 0 Å². The molecule has 1 aromatic heterocycles. The van der Waals surface area contributed by atoms with Gasteiger partial charge in [-0.25, -0.2) is 14.2 Å². The first-order valence-electron chi connectivity index (χ1n) is 6.54. The number of nitrogens with zero attached hydrogens (tertiary/aromatic N) is 2. The van der Waals surface area contributed by atoms with Crippen molar-refractivity contribution < 1.29 is 14.3 Å². The lowest BCUT2D eigenvalue weighted by Crippen LogP contribution is -2.34. The fourth-order valence-corrected chi connectivity index (χ4v) is 2.40. The van der Waals surface area contributed by atoms with Crippen molar-refractivity contribution in [3.05, 3.63) is 71.8 Å². The van der Waals surface area contributed by atoms with Crippen molar-refractivity contribution in [1.29, 1.82) is 0 Å². The second-order valence-corrected chi connectivity index (χ2v) is 4.89. The molecular formula is C16H14ClFN2O2. The number of carbonyl (C=O) groups is 1. The average Bonchev–Trinajstić information content (AvgIpc) is 2.50. The summed E-state index contributed by atoms with van der Waals surface area (Å²) < 4.78 is 14.3. The molecule has 22 heavy (non-hydrogen) atoms. The number of hydrogen-bond donors (Lipinski definition) is 1. The summed E-state index contributed by atoms with van der Waals surface area (Å²) in [6, 6.07) is 9.14. The van der Waals surface area contributed by atoms with Gasteiger partial charge in [-0.15, -0.1) is 6.58 Å². The smallest absolute Gasteiger partial charge is 0.412 e. The molecule has 0 bridgehead atoms. The van der Waals surface area contributed by atoms with Gasteiger partial charge in [0, 0.05) is 17.4 Å². The highest BCUT2D eigenvalue weighted by atomic mass is 35.5. The summed E-state index contributed by atoms with van der Waals surface area (Å²) in [5.41, 5.74) is 0.598. The summed E-state index contributed by atoms with van der Waals surface area (Å²) in [6.07, 6.45) is 1.93. The Morgan fingerprint density at radius 2 is 2.09 bits per heavy atom. The molecule has 0 aliphatic carbocycles. The van der Waals surface area contributed by atoms with E-state index in [0.29, 0.717) is 5.69 Å². The number of pyridine rings is 1. The van der Waals surface area contributed by atoms with E-state index in [0.717, 1.165) is 4.90 Å². The van der Waals surface area contributed by atoms with Crippen molar-refractivity contribution in [3.8, 4) is 0 Å². The summed E-state index contributed by atoms with van der Waals surface area (Å²) in [5.74, 6) is -0.724. The highest BCUT2D eigenvalue weighted by Crippen LogP contribution is 2.33. The third kappa shape index (κ3) is 3.26. The van der Waals surface area contributed by atoms with Crippen LogP contribution in [-0.2, 0) is 0 Å². The Morgan fingerprint density at radius 1 is 1.41 bits per heavy atom. The minimum atomic E-state index is -1.19. The first-order valence-corrected chi connectivity index (χ1v) is 6.92. The standard InChI is InChI=1S/C16H14ClFN2O2/c1-2-6-13(12-9-10-19-15(17)14(12)18)20(16(21)22)11-7-4-3-5-8-11/h2-5,7-10,13H,1,6H2,(H,21,22)/t13-/m1/s1. The Kier molecular flexibility index (Phi) is 5.12. The van der Waals surface area contributed by atoms with Crippen LogP contribution in [0.15, 0.2) is 55.3 Å². The van der Waals surface area contributed by atoms with Crippen molar-refractivity contribution in [2.75, 3.05) is 4.90 Å². The average molecular weight is 321 g/mol. The van der Waals surface area contributed by atoms with Gasteiger partial charge in [-0.05, 0) is 24.6 Å². The lowest BCUT2D eigenvalue weighted by atomic mass is 10.0. The molecule has 114 valence electrons. The number of para-hydroxylation sites is 1. The van der Waals surface area contributed by atoms with E-state index in [1.54, 1.807) is 30.3 Å². The van der Waals surface area contributed by atoms with Crippen molar-refractivity contribution in [1.82, 2.24) is 4.98 Å². The lowest BCUT2D eigenvalue weighted by molar-refractivity contribution is 0.199. The van der Waals surface area contributed by atoms with E-state index in [1.165, 1.54) is 18.3 Å². The molecule has 0 unspecified atom stereocenters. The molecule has 1 atom stereocenters. The van der Waals surface area contributed by atoms with Crippen LogP contribution in [0.5, 0.6) is 0 Å². The van der Waals surface area contributed by atoms with E-state index >= 15 is 0 Å². The highest BCUT2D eigenvalue weighted by molar-refractivity contribution is 6.29. The van der Waals surface area contributed by atoms with Crippen LogP contribution in [-0.4, -0.2) is 16.2 Å². The molecule has 0 saturated carbocycles. The molecule has 1 amide bonds. The maximum absolute atomic E-state index is 14.3. The van der Waals surface area contributed by atoms with Crippen molar-refractivity contribution >= 4 is 23.4 Å². The van der Waals surface area contributed by atoms with Crippen LogP contribution in [0.25, 0.3) is 0 Å². The predicted octanol–water partition coefficient (Wildman–Crippen LogP) is 4.68. The monoisotopic (exact) mass is 320 g/mol. The zero-order valence-corrected chi connectivity index (χ0v) is 12.4. The Morgan fingerprint density at radius 3 is 2.68 bits per heavy atom. The molecule has 0 saturated heterocycles. The van der Waals surface area contributed by atoms with Crippen molar-refractivity contribution in [2.45, 2.75) is 12.5 Å². The van der Waals surface area contributed by atoms with E-state index < -0.39 is 18.0 Å². The van der Waals surface area contributed by atoms with Crippen LogP contribution >= 0.6 is 11.6 Å². The Balaban J connectivity index is 2.55. The molecule has 0 fully saturated rings. The molecule has 0 aliphatic rings. The van der Waals surface area contributed by atoms with Crippen LogP contribution in [0.3, 0.4) is 0 Å². The van der Waals surface area contributed by atoms with Crippen LogP contribution in [0.4, 0.5) is 14.9 Å². The van der Waals surface area contributed by atoms with Crippen molar-refractivity contribution in [3.63, 3.8) is 0 Å². The number of amides is 1. The van der Waals surface area contributed by atoms with Crippen LogP contribution in [0, 0.1) is 5.82 Å². The largest absolute Gasteiger partial charge is 0.465 e. The molecule has 0 radical (unpaired) electrons.